The second kappa shape index (κ2) is 5.90. The lowest BCUT2D eigenvalue weighted by atomic mass is 10.2. The van der Waals surface area contributed by atoms with Gasteiger partial charge in [-0.25, -0.2) is 19.4 Å². The second-order valence-corrected chi connectivity index (χ2v) is 3.75. The summed E-state index contributed by atoms with van der Waals surface area (Å²) in [4.78, 5) is 37.5. The van der Waals surface area contributed by atoms with Gasteiger partial charge in [0.25, 0.3) is 0 Å². The fraction of sp³-hybridized carbons (Fsp3) is 0.333. The van der Waals surface area contributed by atoms with Crippen LogP contribution < -0.4 is 0 Å². The summed E-state index contributed by atoms with van der Waals surface area (Å²) in [5.41, 5.74) is 0. The lowest BCUT2D eigenvalue weighted by Gasteiger charge is -2.33. The number of imide groups is 1. The molecule has 0 spiro atoms. The molecule has 18 heavy (non-hydrogen) atoms. The fourth-order valence-corrected chi connectivity index (χ4v) is 1.82. The first-order valence-electron chi connectivity index (χ1n) is 5.49. The Morgan fingerprint density at radius 1 is 1.00 bits per heavy atom. The molecule has 0 aromatic heterocycles. The number of urea groups is 2. The highest BCUT2D eigenvalue weighted by molar-refractivity contribution is 5.83. The van der Waals surface area contributed by atoms with E-state index in [1.54, 1.807) is 6.08 Å². The molecule has 0 aromatic carbocycles. The van der Waals surface area contributed by atoms with Crippen LogP contribution in [0.1, 0.15) is 6.42 Å². The van der Waals surface area contributed by atoms with Crippen LogP contribution in [0.5, 0.6) is 0 Å². The van der Waals surface area contributed by atoms with Gasteiger partial charge in [-0.05, 0) is 0 Å². The summed E-state index contributed by atoms with van der Waals surface area (Å²) in [5, 5.41) is 0. The molecule has 4 amide bonds. The molecule has 0 radical (unpaired) electrons. The number of carbonyl (C=O) groups excluding carboxylic acids is 2. The third-order valence-electron chi connectivity index (χ3n) is 2.59. The predicted molar refractivity (Wildman–Crippen MR) is 66.8 cm³/mol. The molecule has 6 heteroatoms. The number of nitroso groups, excluding NO2 is 1. The van der Waals surface area contributed by atoms with Crippen molar-refractivity contribution >= 4 is 12.1 Å². The van der Waals surface area contributed by atoms with Crippen molar-refractivity contribution in [2.45, 2.75) is 12.6 Å². The summed E-state index contributed by atoms with van der Waals surface area (Å²) in [5.74, 6) is 0. The lowest BCUT2D eigenvalue weighted by molar-refractivity contribution is -0.387. The summed E-state index contributed by atoms with van der Waals surface area (Å²) >= 11 is 0. The molecule has 1 aliphatic heterocycles. The first-order valence-corrected chi connectivity index (χ1v) is 5.49. The first-order chi connectivity index (χ1) is 8.58. The largest absolute Gasteiger partial charge is 0.485 e. The molecule has 1 rings (SSSR count). The van der Waals surface area contributed by atoms with E-state index >= 15 is 0 Å². The molecule has 1 fully saturated rings. The monoisotopic (exact) mass is 250 g/mol. The number of carbonyl (C=O) groups is 2. The Morgan fingerprint density at radius 3 is 1.78 bits per heavy atom. The molecule has 96 valence electrons. The topological polar surface area (TPSA) is 60.7 Å². The van der Waals surface area contributed by atoms with Crippen LogP contribution in [-0.2, 0) is 0 Å². The van der Waals surface area contributed by atoms with Crippen LogP contribution in [0.25, 0.3) is 0 Å². The SMILES string of the molecule is C=CCC1N(CC=C)C(=O)[N+](=O)C(=O)N1CC=C. The quantitative estimate of drug-likeness (QED) is 0.534. The minimum atomic E-state index is -0.868. The molecule has 6 nitrogen and oxygen atoms in total. The van der Waals surface area contributed by atoms with Gasteiger partial charge in [-0.2, -0.15) is 0 Å². The molecule has 1 heterocycles. The Hall–Kier alpha value is -2.24. The molecule has 0 N–H and O–H groups in total. The van der Waals surface area contributed by atoms with E-state index in [-0.39, 0.29) is 17.8 Å². The average molecular weight is 250 g/mol. The highest BCUT2D eigenvalue weighted by Crippen LogP contribution is 2.19. The highest BCUT2D eigenvalue weighted by atomic mass is 16.3. The molecule has 0 aliphatic carbocycles. The van der Waals surface area contributed by atoms with Crippen molar-refractivity contribution in [2.24, 2.45) is 0 Å². The zero-order valence-electron chi connectivity index (χ0n) is 10.1. The first kappa shape index (κ1) is 13.8. The van der Waals surface area contributed by atoms with Gasteiger partial charge < -0.3 is 0 Å². The second-order valence-electron chi connectivity index (χ2n) is 3.75. The normalized spacial score (nSPS) is 17.0. The number of nitrogens with zero attached hydrogens (tertiary/aromatic N) is 3. The van der Waals surface area contributed by atoms with Crippen LogP contribution in [0.2, 0.25) is 0 Å². The van der Waals surface area contributed by atoms with Gasteiger partial charge in [0.15, 0.2) is 0 Å². The fourth-order valence-electron chi connectivity index (χ4n) is 1.82. The van der Waals surface area contributed by atoms with E-state index in [1.807, 2.05) is 0 Å². The number of rotatable bonds is 6. The maximum Gasteiger partial charge on any atom is 0.485 e. The van der Waals surface area contributed by atoms with Gasteiger partial charge in [0.2, 0.25) is 6.17 Å². The van der Waals surface area contributed by atoms with Crippen LogP contribution in [0.15, 0.2) is 38.0 Å². The van der Waals surface area contributed by atoms with Crippen molar-refractivity contribution in [3.8, 4) is 0 Å². The van der Waals surface area contributed by atoms with Gasteiger partial charge >= 0.3 is 12.1 Å². The van der Waals surface area contributed by atoms with Crippen LogP contribution in [0, 0.1) is 4.91 Å². The Morgan fingerprint density at radius 2 is 1.44 bits per heavy atom. The van der Waals surface area contributed by atoms with Crippen LogP contribution >= 0.6 is 0 Å². The standard InChI is InChI=1S/C12H16N3O3/c1-4-7-10-13(8-5-2)11(16)15(18)12(17)14(10)9-6-3/h4-6,10H,1-3,7-9H2/q+1. The third kappa shape index (κ3) is 2.37. The highest BCUT2D eigenvalue weighted by Gasteiger charge is 2.50. The molecular weight excluding hydrogens is 234 g/mol. The zero-order valence-corrected chi connectivity index (χ0v) is 10.1. The predicted octanol–water partition coefficient (Wildman–Crippen LogP) is 1.90. The van der Waals surface area contributed by atoms with Crippen LogP contribution in [0.4, 0.5) is 9.59 Å². The molecule has 1 saturated heterocycles. The molecule has 0 saturated carbocycles. The Kier molecular flexibility index (Phi) is 4.53. The number of hydrogen-bond acceptors (Lipinski definition) is 3. The third-order valence-corrected chi connectivity index (χ3v) is 2.59. The zero-order chi connectivity index (χ0) is 13.7. The number of amides is 4. The van der Waals surface area contributed by atoms with Crippen molar-refractivity contribution in [1.82, 2.24) is 9.80 Å². The summed E-state index contributed by atoms with van der Waals surface area (Å²) in [6.07, 6.45) is 4.46. The van der Waals surface area contributed by atoms with Crippen molar-refractivity contribution in [3.63, 3.8) is 0 Å². The Labute approximate surface area is 105 Å². The van der Waals surface area contributed by atoms with Gasteiger partial charge in [-0.1, -0.05) is 36.3 Å². The van der Waals surface area contributed by atoms with Crippen molar-refractivity contribution in [3.05, 3.63) is 42.9 Å². The van der Waals surface area contributed by atoms with Gasteiger partial charge in [0, 0.05) is 6.42 Å². The Balaban J connectivity index is 3.13. The van der Waals surface area contributed by atoms with E-state index < -0.39 is 18.2 Å². The minimum absolute atomic E-state index is 0.146. The van der Waals surface area contributed by atoms with Gasteiger partial charge in [-0.15, -0.1) is 6.58 Å². The number of hydrogen-bond donors (Lipinski definition) is 0. The van der Waals surface area contributed by atoms with Gasteiger partial charge in [-0.3, -0.25) is 0 Å². The van der Waals surface area contributed by atoms with Gasteiger partial charge in [0.05, 0.1) is 17.8 Å². The molecule has 0 unspecified atom stereocenters. The molecule has 1 aliphatic rings. The van der Waals surface area contributed by atoms with E-state index in [0.717, 1.165) is 0 Å². The maximum absolute atomic E-state index is 11.7. The van der Waals surface area contributed by atoms with E-state index in [0.29, 0.717) is 6.42 Å². The summed E-state index contributed by atoms with van der Waals surface area (Å²) in [7, 11) is 0. The molecule has 0 bridgehead atoms. The van der Waals surface area contributed by atoms with Crippen molar-refractivity contribution in [2.75, 3.05) is 13.1 Å². The van der Waals surface area contributed by atoms with E-state index in [9.17, 15) is 14.5 Å². The molecule has 0 atom stereocenters. The van der Waals surface area contributed by atoms with E-state index in [2.05, 4.69) is 19.7 Å². The smallest absolute Gasteiger partial charge is 0.217 e. The van der Waals surface area contributed by atoms with E-state index in [4.69, 9.17) is 0 Å². The van der Waals surface area contributed by atoms with Crippen LogP contribution in [-0.4, -0.2) is 45.9 Å². The van der Waals surface area contributed by atoms with Gasteiger partial charge in [0.1, 0.15) is 0 Å². The van der Waals surface area contributed by atoms with Crippen LogP contribution in [0.3, 0.4) is 0 Å². The minimum Gasteiger partial charge on any atom is -0.217 e. The maximum atomic E-state index is 11.7. The summed E-state index contributed by atoms with van der Waals surface area (Å²) < 4.78 is -0.146. The summed E-state index contributed by atoms with van der Waals surface area (Å²) in [6.45, 7) is 11.0. The average Bonchev–Trinajstić information content (AvgIpc) is 2.36. The molecule has 0 aromatic rings. The van der Waals surface area contributed by atoms with E-state index in [1.165, 1.54) is 22.0 Å². The van der Waals surface area contributed by atoms with Crippen molar-refractivity contribution in [1.29, 1.82) is 0 Å². The summed E-state index contributed by atoms with van der Waals surface area (Å²) in [6, 6.07) is -1.74. The van der Waals surface area contributed by atoms with Crippen molar-refractivity contribution < 1.29 is 14.3 Å². The molecular formula is C12H16N3O3+. The lowest BCUT2D eigenvalue weighted by Crippen LogP contribution is -2.62. The Bertz CT molecular complexity index is 385.